The molecule has 0 spiro atoms. The van der Waals surface area contributed by atoms with E-state index in [9.17, 15) is 4.79 Å². The molecule has 1 atom stereocenters. The molecule has 0 N–H and O–H groups in total. The van der Waals surface area contributed by atoms with Crippen LogP contribution in [0, 0.1) is 5.41 Å². The van der Waals surface area contributed by atoms with Crippen molar-refractivity contribution in [1.82, 2.24) is 0 Å². The summed E-state index contributed by atoms with van der Waals surface area (Å²) >= 11 is 0. The molecule has 0 heterocycles. The van der Waals surface area contributed by atoms with E-state index in [0.29, 0.717) is 5.92 Å². The van der Waals surface area contributed by atoms with Crippen LogP contribution in [0.25, 0.3) is 0 Å². The van der Waals surface area contributed by atoms with Crippen molar-refractivity contribution in [3.05, 3.63) is 35.9 Å². The minimum Gasteiger partial charge on any atom is -0.469 e. The normalized spacial score (nSPS) is 8.96. The third kappa shape index (κ3) is 22.6. The molecular formula is C25H56O2. The Bertz CT molecular complexity index is 356. The van der Waals surface area contributed by atoms with E-state index < -0.39 is 0 Å². The Hall–Kier alpha value is -1.31. The number of carbonyl (C=O) groups is 1. The number of benzene rings is 1. The van der Waals surface area contributed by atoms with Crippen molar-refractivity contribution < 1.29 is 9.53 Å². The summed E-state index contributed by atoms with van der Waals surface area (Å²) < 4.78 is 4.57. The Morgan fingerprint density at radius 1 is 0.926 bits per heavy atom. The van der Waals surface area contributed by atoms with E-state index >= 15 is 0 Å². The first-order chi connectivity index (χ1) is 10.9. The average Bonchev–Trinajstić information content (AvgIpc) is 2.64. The molecule has 168 valence electrons. The summed E-state index contributed by atoms with van der Waals surface area (Å²) in [5.74, 6) is 0.575. The van der Waals surface area contributed by atoms with Crippen LogP contribution >= 0.6 is 0 Å². The summed E-state index contributed by atoms with van der Waals surface area (Å²) in [6, 6.07) is 10.6. The second-order valence-electron chi connectivity index (χ2n) is 5.45. The van der Waals surface area contributed by atoms with Gasteiger partial charge in [-0.3, -0.25) is 4.79 Å². The highest BCUT2D eigenvalue weighted by molar-refractivity contribution is 5.75. The van der Waals surface area contributed by atoms with Gasteiger partial charge in [0.25, 0.3) is 0 Å². The van der Waals surface area contributed by atoms with Gasteiger partial charge in [-0.25, -0.2) is 0 Å². The lowest BCUT2D eigenvalue weighted by molar-refractivity contribution is -0.150. The Labute approximate surface area is 175 Å². The summed E-state index contributed by atoms with van der Waals surface area (Å²) in [5.41, 5.74) is 1.14. The number of hydrogen-bond donors (Lipinski definition) is 0. The molecule has 0 saturated heterocycles. The predicted molar refractivity (Wildman–Crippen MR) is 131 cm³/mol. The highest BCUT2D eigenvalue weighted by Gasteiger charge is 2.25. The van der Waals surface area contributed by atoms with Crippen molar-refractivity contribution in [3.8, 4) is 0 Å². The van der Waals surface area contributed by atoms with Crippen LogP contribution in [0.5, 0.6) is 0 Å². The van der Waals surface area contributed by atoms with Crippen LogP contribution in [0.2, 0.25) is 0 Å². The molecule has 0 radical (unpaired) electrons. The smallest absolute Gasteiger partial charge is 0.311 e. The molecule has 1 unspecified atom stereocenters. The number of hydrogen-bond acceptors (Lipinski definition) is 2. The molecular weight excluding hydrogens is 332 g/mol. The molecule has 0 saturated carbocycles. The van der Waals surface area contributed by atoms with Crippen molar-refractivity contribution in [2.24, 2.45) is 5.41 Å². The van der Waals surface area contributed by atoms with Gasteiger partial charge in [0.05, 0.1) is 12.5 Å². The monoisotopic (exact) mass is 388 g/mol. The fourth-order valence-electron chi connectivity index (χ4n) is 1.44. The Balaban J connectivity index is -0.0000000445. The van der Waals surface area contributed by atoms with Crippen LogP contribution in [0.1, 0.15) is 116 Å². The van der Waals surface area contributed by atoms with E-state index in [1.165, 1.54) is 19.1 Å². The lowest BCUT2D eigenvalue weighted by Crippen LogP contribution is -2.24. The van der Waals surface area contributed by atoms with Gasteiger partial charge in [0, 0.05) is 0 Å². The fourth-order valence-corrected chi connectivity index (χ4v) is 1.44. The number of carbonyl (C=O) groups excluding carboxylic acids is 1. The first kappa shape index (κ1) is 44.8. The summed E-state index contributed by atoms with van der Waals surface area (Å²) in [5, 5.41) is 0. The highest BCUT2D eigenvalue weighted by Crippen LogP contribution is 2.20. The second-order valence-corrected chi connectivity index (χ2v) is 5.45. The molecule has 1 aromatic rings. The molecule has 1 aromatic carbocycles. The van der Waals surface area contributed by atoms with Gasteiger partial charge >= 0.3 is 5.97 Å². The molecule has 2 nitrogen and oxygen atoms in total. The topological polar surface area (TPSA) is 26.3 Å². The molecule has 27 heavy (non-hydrogen) atoms. The first-order valence-electron chi connectivity index (χ1n) is 9.02. The van der Waals surface area contributed by atoms with Gasteiger partial charge in [-0.05, 0) is 38.2 Å². The summed E-state index contributed by atoms with van der Waals surface area (Å²) in [7, 11) is 1.42. The molecule has 0 bridgehead atoms. The maximum absolute atomic E-state index is 10.8. The van der Waals surface area contributed by atoms with Crippen LogP contribution in [0.4, 0.5) is 0 Å². The number of rotatable bonds is 4. The Morgan fingerprint density at radius 3 is 1.52 bits per heavy atom. The van der Waals surface area contributed by atoms with Gasteiger partial charge in [0.2, 0.25) is 0 Å². The van der Waals surface area contributed by atoms with E-state index in [1.54, 1.807) is 0 Å². The number of esters is 1. The quantitative estimate of drug-likeness (QED) is 0.480. The van der Waals surface area contributed by atoms with Crippen molar-refractivity contribution >= 4 is 5.97 Å². The zero-order valence-electron chi connectivity index (χ0n) is 17.2. The molecule has 0 aliphatic carbocycles. The Morgan fingerprint density at radius 2 is 1.30 bits per heavy atom. The molecule has 1 rings (SSSR count). The summed E-state index contributed by atoms with van der Waals surface area (Å²) in [6.45, 7) is 18.2. The summed E-state index contributed by atoms with van der Waals surface area (Å²) in [6.07, 6.45) is 2.05. The summed E-state index contributed by atoms with van der Waals surface area (Å²) in [4.78, 5) is 10.8. The van der Waals surface area contributed by atoms with Gasteiger partial charge in [0.15, 0.2) is 0 Å². The SMILES string of the molecule is C.C.C.C.CC.CC.CCC(C)(C)C(=O)OC.CCC(C)c1ccccc1. The van der Waals surface area contributed by atoms with Crippen LogP contribution in [0.15, 0.2) is 30.3 Å². The van der Waals surface area contributed by atoms with Crippen LogP contribution in [-0.4, -0.2) is 13.1 Å². The predicted octanol–water partition coefficient (Wildman–Crippen LogP) is 9.39. The second kappa shape index (κ2) is 29.5. The highest BCUT2D eigenvalue weighted by atomic mass is 16.5. The van der Waals surface area contributed by atoms with Crippen molar-refractivity contribution in [1.29, 1.82) is 0 Å². The van der Waals surface area contributed by atoms with E-state index in [1.807, 2.05) is 48.5 Å². The van der Waals surface area contributed by atoms with Crippen molar-refractivity contribution in [3.63, 3.8) is 0 Å². The fraction of sp³-hybridized carbons (Fsp3) is 0.720. The van der Waals surface area contributed by atoms with Gasteiger partial charge in [-0.2, -0.15) is 0 Å². The van der Waals surface area contributed by atoms with E-state index in [4.69, 9.17) is 0 Å². The molecule has 0 aromatic heterocycles. The molecule has 0 amide bonds. The van der Waals surface area contributed by atoms with E-state index in [2.05, 4.69) is 48.9 Å². The largest absolute Gasteiger partial charge is 0.469 e. The molecule has 0 aliphatic rings. The van der Waals surface area contributed by atoms with E-state index in [0.717, 1.165) is 6.42 Å². The Kier molecular flexibility index (Phi) is 48.9. The molecule has 2 heteroatoms. The zero-order valence-corrected chi connectivity index (χ0v) is 17.2. The zero-order chi connectivity index (χ0) is 18.9. The maximum Gasteiger partial charge on any atom is 0.311 e. The standard InChI is InChI=1S/C10H14.C7H14O2.2C2H6.4CH4/c1-3-9(2)10-7-5-4-6-8-10;1-5-7(2,3)6(8)9-4;2*1-2;;;;/h4-9H,3H2,1-2H3;5H2,1-4H3;2*1-2H3;4*1H4. The minimum absolute atomic E-state index is 0. The van der Waals surface area contributed by atoms with Crippen LogP contribution < -0.4 is 0 Å². The number of ether oxygens (including phenoxy) is 1. The third-order valence-corrected chi connectivity index (χ3v) is 3.60. The van der Waals surface area contributed by atoms with Gasteiger partial charge in [-0.1, -0.05) is 109 Å². The van der Waals surface area contributed by atoms with Crippen LogP contribution in [-0.2, 0) is 9.53 Å². The van der Waals surface area contributed by atoms with Crippen LogP contribution in [0.3, 0.4) is 0 Å². The van der Waals surface area contributed by atoms with Gasteiger partial charge in [-0.15, -0.1) is 0 Å². The minimum atomic E-state index is -0.311. The van der Waals surface area contributed by atoms with Gasteiger partial charge in [0.1, 0.15) is 0 Å². The third-order valence-electron chi connectivity index (χ3n) is 3.60. The number of methoxy groups -OCH3 is 1. The lowest BCUT2D eigenvalue weighted by atomic mass is 9.91. The van der Waals surface area contributed by atoms with E-state index in [-0.39, 0.29) is 41.1 Å². The molecule has 0 aliphatic heterocycles. The van der Waals surface area contributed by atoms with Crippen molar-refractivity contribution in [2.45, 2.75) is 111 Å². The maximum atomic E-state index is 10.8. The molecule has 0 fully saturated rings. The van der Waals surface area contributed by atoms with Crippen molar-refractivity contribution in [2.75, 3.05) is 7.11 Å². The average molecular weight is 389 g/mol. The van der Waals surface area contributed by atoms with Gasteiger partial charge < -0.3 is 4.74 Å². The first-order valence-corrected chi connectivity index (χ1v) is 9.02. The lowest BCUT2D eigenvalue weighted by Gasteiger charge is -2.17.